The van der Waals surface area contributed by atoms with Crippen molar-refractivity contribution < 1.29 is 22.5 Å². The van der Waals surface area contributed by atoms with Crippen molar-refractivity contribution in [2.75, 3.05) is 6.61 Å². The van der Waals surface area contributed by atoms with Gasteiger partial charge < -0.3 is 17.7 Å². The fraction of sp³-hybridized carbons (Fsp3) is 0.885. The van der Waals surface area contributed by atoms with Gasteiger partial charge in [0.2, 0.25) is 0 Å². The van der Waals surface area contributed by atoms with Gasteiger partial charge in [0.05, 0.1) is 29.0 Å². The Bertz CT molecular complexity index is 1640. The van der Waals surface area contributed by atoms with E-state index in [2.05, 4.69) is 188 Å². The second-order valence-electron chi connectivity index (χ2n) is 26.8. The monoisotopic (exact) mass is 966 g/mol. The lowest BCUT2D eigenvalue weighted by atomic mass is 9.68. The van der Waals surface area contributed by atoms with E-state index in [1.807, 2.05) is 0 Å². The molecule has 2 rings (SSSR count). The average Bonchev–Trinajstić information content (AvgIpc) is 3.50. The first kappa shape index (κ1) is 58.9. The van der Waals surface area contributed by atoms with Gasteiger partial charge in [0.1, 0.15) is 5.78 Å². The molecule has 1 fully saturated rings. The number of carbonyl (C=O) groups is 1. The lowest BCUT2D eigenvalue weighted by molar-refractivity contribution is -0.141. The van der Waals surface area contributed by atoms with Gasteiger partial charge in [-0.2, -0.15) is 0 Å². The predicted octanol–water partition coefficient (Wildman–Crippen LogP) is 16.9. The van der Waals surface area contributed by atoms with Crippen LogP contribution >= 0.6 is 11.3 Å². The van der Waals surface area contributed by atoms with Gasteiger partial charge in [-0.3, -0.25) is 4.79 Å². The standard InChI is InChI=1S/C52H103NO5SSi4/c1-37(28-27-29-41-30-31-42(41)35-44(56-61(21,22)49(8,9)10)38(2)34-43-36-59-40(4)53-43)46(58-63(25,26)51(14,15)16)39(3)47(54)52(17,18)45(57-62(23,24)50(11,12)13)32-33-55-60(19,20)48(5,6)7/h34,36-37,39,41-42,44-46H,27-33,35H2,1-26H3/b38-34+/t37-,39+,41+,42-,44-,45-,46-/m0/s1. The number of thiazole rings is 1. The third-order valence-electron chi connectivity index (χ3n) is 17.1. The minimum Gasteiger partial charge on any atom is -0.417 e. The number of hydrogen-bond donors (Lipinski definition) is 0. The summed E-state index contributed by atoms with van der Waals surface area (Å²) in [6.45, 7) is 60.3. The third-order valence-corrected chi connectivity index (χ3v) is 35.9. The molecule has 0 aliphatic heterocycles. The van der Waals surface area contributed by atoms with Crippen molar-refractivity contribution in [2.24, 2.45) is 29.1 Å². The van der Waals surface area contributed by atoms with Crippen LogP contribution < -0.4 is 0 Å². The normalized spacial score (nSPS) is 20.6. The molecule has 0 unspecified atom stereocenters. The maximum Gasteiger partial charge on any atom is 0.192 e. The average molecular weight is 967 g/mol. The first-order valence-electron chi connectivity index (χ1n) is 24.9. The van der Waals surface area contributed by atoms with E-state index >= 15 is 4.79 Å². The molecule has 0 saturated heterocycles. The van der Waals surface area contributed by atoms with Crippen LogP contribution in [0, 0.1) is 36.0 Å². The van der Waals surface area contributed by atoms with Gasteiger partial charge in [0.15, 0.2) is 33.3 Å². The van der Waals surface area contributed by atoms with E-state index in [4.69, 9.17) is 22.7 Å². The molecule has 0 amide bonds. The molecule has 6 nitrogen and oxygen atoms in total. The van der Waals surface area contributed by atoms with Crippen LogP contribution in [0.3, 0.4) is 0 Å². The molecule has 1 aliphatic rings. The van der Waals surface area contributed by atoms with Crippen LogP contribution in [0.4, 0.5) is 0 Å². The van der Waals surface area contributed by atoms with E-state index in [1.165, 1.54) is 24.8 Å². The number of nitrogens with zero attached hydrogens (tertiary/aromatic N) is 1. The number of aromatic nitrogens is 1. The van der Waals surface area contributed by atoms with Crippen molar-refractivity contribution in [2.45, 2.75) is 260 Å². The third kappa shape index (κ3) is 15.9. The molecule has 11 heteroatoms. The second kappa shape index (κ2) is 21.6. The Kier molecular flexibility index (Phi) is 20.2. The number of hydrogen-bond acceptors (Lipinski definition) is 7. The first-order chi connectivity index (χ1) is 28.1. The molecule has 1 aliphatic carbocycles. The lowest BCUT2D eigenvalue weighted by Crippen LogP contribution is -2.54. The number of rotatable bonds is 23. The van der Waals surface area contributed by atoms with E-state index in [0.717, 1.165) is 30.0 Å². The molecule has 0 aromatic carbocycles. The highest BCUT2D eigenvalue weighted by Crippen LogP contribution is 2.47. The molecule has 368 valence electrons. The van der Waals surface area contributed by atoms with Crippen LogP contribution in [0.25, 0.3) is 6.08 Å². The van der Waals surface area contributed by atoms with Crippen LogP contribution in [-0.4, -0.2) is 69.0 Å². The zero-order valence-electron chi connectivity index (χ0n) is 46.2. The minimum absolute atomic E-state index is 0.0210. The molecule has 1 saturated carbocycles. The molecule has 7 atom stereocenters. The molecule has 0 N–H and O–H groups in total. The van der Waals surface area contributed by atoms with Crippen molar-refractivity contribution in [1.29, 1.82) is 0 Å². The first-order valence-corrected chi connectivity index (χ1v) is 37.4. The summed E-state index contributed by atoms with van der Waals surface area (Å²) in [4.78, 5) is 20.0. The molecule has 1 aromatic heterocycles. The highest BCUT2D eigenvalue weighted by Gasteiger charge is 2.50. The molecular weight excluding hydrogens is 863 g/mol. The smallest absolute Gasteiger partial charge is 0.192 e. The quantitative estimate of drug-likeness (QED) is 0.102. The molecule has 0 bridgehead atoms. The topological polar surface area (TPSA) is 66.9 Å². The zero-order valence-corrected chi connectivity index (χ0v) is 51.1. The molecule has 1 aromatic rings. The maximum atomic E-state index is 15.3. The SMILES string of the molecule is C/C(=C\c1csc(C)n1)[C@H](C[C@@H]1CC[C@H]1CCC[C@H](C)[C@H](O[Si](C)(C)C(C)(C)C)[C@@H](C)C(=O)C(C)(C)[C@H](CCO[Si](C)(C)C(C)(C)C)O[Si](C)(C)C(C)(C)C)O[Si](C)(C)C(C)(C)C. The van der Waals surface area contributed by atoms with Gasteiger partial charge in [0, 0.05) is 23.3 Å². The Morgan fingerprint density at radius 1 is 0.730 bits per heavy atom. The van der Waals surface area contributed by atoms with E-state index < -0.39 is 38.7 Å². The highest BCUT2D eigenvalue weighted by atomic mass is 32.1. The van der Waals surface area contributed by atoms with Crippen molar-refractivity contribution in [3.63, 3.8) is 0 Å². The summed E-state index contributed by atoms with van der Waals surface area (Å²) >= 11 is 1.71. The summed E-state index contributed by atoms with van der Waals surface area (Å²) in [5.74, 6) is 1.61. The largest absolute Gasteiger partial charge is 0.417 e. The van der Waals surface area contributed by atoms with Crippen LogP contribution in [0.1, 0.15) is 173 Å². The van der Waals surface area contributed by atoms with Crippen molar-refractivity contribution in [1.82, 2.24) is 4.98 Å². The zero-order chi connectivity index (χ0) is 49.2. The predicted molar refractivity (Wildman–Crippen MR) is 286 cm³/mol. The highest BCUT2D eigenvalue weighted by molar-refractivity contribution is 7.09. The van der Waals surface area contributed by atoms with Crippen molar-refractivity contribution in [3.05, 3.63) is 21.7 Å². The molecular formula is C52H103NO5SSi4. The summed E-state index contributed by atoms with van der Waals surface area (Å²) < 4.78 is 28.7. The Hall–Kier alpha value is -0.252. The minimum atomic E-state index is -2.22. The number of ketones is 1. The number of Topliss-reactive ketones (excluding diaryl/α,β-unsaturated/α-hetero) is 1. The van der Waals surface area contributed by atoms with E-state index in [9.17, 15) is 0 Å². The van der Waals surface area contributed by atoms with Gasteiger partial charge in [-0.05, 0) is 148 Å². The summed E-state index contributed by atoms with van der Waals surface area (Å²) in [7, 11) is -8.41. The fourth-order valence-electron chi connectivity index (χ4n) is 7.96. The summed E-state index contributed by atoms with van der Waals surface area (Å²) in [5.41, 5.74) is 1.64. The Labute approximate surface area is 399 Å². The van der Waals surface area contributed by atoms with Crippen LogP contribution in [0.5, 0.6) is 0 Å². The van der Waals surface area contributed by atoms with Gasteiger partial charge >= 0.3 is 0 Å². The summed E-state index contributed by atoms with van der Waals surface area (Å²) in [5, 5.41) is 3.59. The second-order valence-corrected chi connectivity index (χ2v) is 46.9. The van der Waals surface area contributed by atoms with Crippen molar-refractivity contribution >= 4 is 56.5 Å². The van der Waals surface area contributed by atoms with Crippen LogP contribution in [0.15, 0.2) is 11.0 Å². The summed E-state index contributed by atoms with van der Waals surface area (Å²) in [6, 6.07) is 0. The van der Waals surface area contributed by atoms with E-state index in [-0.39, 0.29) is 56.1 Å². The Morgan fingerprint density at radius 2 is 1.21 bits per heavy atom. The molecule has 63 heavy (non-hydrogen) atoms. The van der Waals surface area contributed by atoms with Gasteiger partial charge in [0.25, 0.3) is 0 Å². The Morgan fingerprint density at radius 3 is 1.65 bits per heavy atom. The molecule has 0 radical (unpaired) electrons. The van der Waals surface area contributed by atoms with E-state index in [1.54, 1.807) is 11.3 Å². The summed E-state index contributed by atoms with van der Waals surface area (Å²) in [6.07, 6.45) is 9.75. The molecule has 1 heterocycles. The maximum absolute atomic E-state index is 15.3. The lowest BCUT2D eigenvalue weighted by Gasteiger charge is -2.47. The number of carbonyl (C=O) groups excluding carboxylic acids is 1. The Balaban J connectivity index is 2.37. The number of aryl methyl sites for hydroxylation is 1. The van der Waals surface area contributed by atoms with Gasteiger partial charge in [-0.1, -0.05) is 124 Å². The van der Waals surface area contributed by atoms with Gasteiger partial charge in [-0.15, -0.1) is 11.3 Å². The van der Waals surface area contributed by atoms with Crippen molar-refractivity contribution in [3.8, 4) is 0 Å². The van der Waals surface area contributed by atoms with Crippen LogP contribution in [0.2, 0.25) is 72.5 Å². The van der Waals surface area contributed by atoms with Crippen LogP contribution in [-0.2, 0) is 22.5 Å². The fourth-order valence-corrected chi connectivity index (χ4v) is 13.9. The van der Waals surface area contributed by atoms with Gasteiger partial charge in [-0.25, -0.2) is 4.98 Å². The van der Waals surface area contributed by atoms with E-state index in [0.29, 0.717) is 24.9 Å². The molecule has 0 spiro atoms.